The minimum absolute atomic E-state index is 0.0717. The molecule has 1 heterocycles. The number of ether oxygens (including phenoxy) is 2. The molecule has 4 rings (SSSR count). The van der Waals surface area contributed by atoms with Gasteiger partial charge in [0.15, 0.2) is 0 Å². The van der Waals surface area contributed by atoms with Crippen LogP contribution in [-0.4, -0.2) is 45.8 Å². The van der Waals surface area contributed by atoms with Crippen molar-refractivity contribution >= 4 is 23.7 Å². The number of nitrogens with zero attached hydrogens (tertiary/aromatic N) is 1. The molecule has 1 aliphatic carbocycles. The molecule has 0 atom stereocenters. The summed E-state index contributed by atoms with van der Waals surface area (Å²) in [5, 5.41) is 29.5. The van der Waals surface area contributed by atoms with Gasteiger partial charge in [0.1, 0.15) is 23.2 Å². The van der Waals surface area contributed by atoms with Crippen molar-refractivity contribution in [1.82, 2.24) is 15.6 Å². The number of pyridine rings is 1. The molecule has 0 unspecified atom stereocenters. The van der Waals surface area contributed by atoms with Crippen molar-refractivity contribution in [1.29, 1.82) is 10.8 Å². The van der Waals surface area contributed by atoms with Crippen LogP contribution in [0.3, 0.4) is 0 Å². The summed E-state index contributed by atoms with van der Waals surface area (Å²) in [6.07, 6.45) is 1.48. The van der Waals surface area contributed by atoms with Gasteiger partial charge in [0.25, 0.3) is 5.91 Å². The number of aromatic nitrogens is 1. The molecule has 0 radical (unpaired) electrons. The second-order valence-corrected chi connectivity index (χ2v) is 9.08. The van der Waals surface area contributed by atoms with Gasteiger partial charge in [-0.25, -0.2) is 4.79 Å². The van der Waals surface area contributed by atoms with Crippen LogP contribution < -0.4 is 31.6 Å². The number of carbonyl (C=O) groups is 2. The number of amides is 2. The molecule has 1 saturated carbocycles. The van der Waals surface area contributed by atoms with Gasteiger partial charge in [-0.05, 0) is 74.2 Å². The topological polar surface area (TPSA) is 210 Å². The molecule has 3 aromatic rings. The Kier molecular flexibility index (Phi) is 8.24. The summed E-state index contributed by atoms with van der Waals surface area (Å²) in [6, 6.07) is 15.8. The Morgan fingerprint density at radius 3 is 1.54 bits per heavy atom. The fourth-order valence-corrected chi connectivity index (χ4v) is 4.19. The molecule has 0 spiro atoms. The summed E-state index contributed by atoms with van der Waals surface area (Å²) >= 11 is 0. The number of nitrogens with one attached hydrogen (secondary N) is 4. The maximum Gasteiger partial charge on any atom is 0.404 e. The zero-order valence-electron chi connectivity index (χ0n) is 20.9. The number of hydrogen-bond acceptors (Lipinski definition) is 7. The number of rotatable bonds is 9. The van der Waals surface area contributed by atoms with Gasteiger partial charge in [-0.2, -0.15) is 4.98 Å². The third-order valence-electron chi connectivity index (χ3n) is 6.21. The van der Waals surface area contributed by atoms with Gasteiger partial charge < -0.3 is 36.7 Å². The lowest BCUT2D eigenvalue weighted by Crippen LogP contribution is -2.43. The van der Waals surface area contributed by atoms with Crippen molar-refractivity contribution in [2.24, 2.45) is 11.5 Å². The maximum atomic E-state index is 13.2. The highest BCUT2D eigenvalue weighted by molar-refractivity contribution is 5.96. The molecule has 9 N–H and O–H groups in total. The molecule has 1 fully saturated rings. The van der Waals surface area contributed by atoms with Gasteiger partial charge in [0.05, 0.1) is 5.56 Å². The first-order valence-corrected chi connectivity index (χ1v) is 12.2. The molecule has 39 heavy (non-hydrogen) atoms. The third kappa shape index (κ3) is 7.44. The van der Waals surface area contributed by atoms with Gasteiger partial charge in [0, 0.05) is 35.3 Å². The van der Waals surface area contributed by atoms with E-state index in [-0.39, 0.29) is 47.0 Å². The lowest BCUT2D eigenvalue weighted by molar-refractivity contribution is 0.0922. The summed E-state index contributed by atoms with van der Waals surface area (Å²) in [6.45, 7) is 0. The lowest BCUT2D eigenvalue weighted by atomic mass is 9.91. The van der Waals surface area contributed by atoms with Crippen LogP contribution >= 0.6 is 0 Å². The van der Waals surface area contributed by atoms with Crippen LogP contribution in [0.4, 0.5) is 4.79 Å². The largest absolute Gasteiger partial charge is 0.465 e. The van der Waals surface area contributed by atoms with Crippen LogP contribution in [-0.2, 0) is 0 Å². The van der Waals surface area contributed by atoms with Crippen LogP contribution in [0.2, 0.25) is 0 Å². The predicted molar refractivity (Wildman–Crippen MR) is 144 cm³/mol. The van der Waals surface area contributed by atoms with Crippen molar-refractivity contribution in [2.75, 3.05) is 0 Å². The SMILES string of the molecule is N=C(N)c1ccc(Oc2cc(C(=O)NC3CCC(NC(=O)O)CC3)cc(Oc3ccc(C(=N)N)cc3)n2)cc1. The van der Waals surface area contributed by atoms with E-state index in [1.165, 1.54) is 12.1 Å². The third-order valence-corrected chi connectivity index (χ3v) is 6.21. The molecule has 1 aliphatic rings. The highest BCUT2D eigenvalue weighted by atomic mass is 16.5. The Hall–Kier alpha value is -5.13. The fraction of sp³-hybridized carbons (Fsp3) is 0.222. The Balaban J connectivity index is 1.53. The highest BCUT2D eigenvalue weighted by Gasteiger charge is 2.24. The van der Waals surface area contributed by atoms with Gasteiger partial charge in [-0.15, -0.1) is 0 Å². The summed E-state index contributed by atoms with van der Waals surface area (Å²) in [7, 11) is 0. The normalized spacial score (nSPS) is 16.5. The first kappa shape index (κ1) is 26.9. The number of carbonyl (C=O) groups excluding carboxylic acids is 1. The minimum atomic E-state index is -1.05. The number of amidine groups is 2. The summed E-state index contributed by atoms with van der Waals surface area (Å²) in [4.78, 5) is 28.5. The van der Waals surface area contributed by atoms with Crippen molar-refractivity contribution in [3.8, 4) is 23.3 Å². The van der Waals surface area contributed by atoms with Gasteiger partial charge in [0.2, 0.25) is 11.8 Å². The monoisotopic (exact) mass is 531 g/mol. The quantitative estimate of drug-likeness (QED) is 0.160. The number of hydrogen-bond donors (Lipinski definition) is 7. The zero-order valence-corrected chi connectivity index (χ0v) is 20.9. The number of carboxylic acid groups (broad SMARTS) is 1. The number of nitrogens with two attached hydrogens (primary N) is 2. The molecule has 2 amide bonds. The molecule has 202 valence electrons. The van der Waals surface area contributed by atoms with Crippen LogP contribution in [0, 0.1) is 10.8 Å². The van der Waals surface area contributed by atoms with Crippen LogP contribution in [0.15, 0.2) is 60.7 Å². The number of nitrogen functional groups attached to an aromatic ring is 2. The van der Waals surface area contributed by atoms with E-state index in [1.54, 1.807) is 48.5 Å². The second-order valence-electron chi connectivity index (χ2n) is 9.08. The van der Waals surface area contributed by atoms with Crippen LogP contribution in [0.25, 0.3) is 0 Å². The average Bonchev–Trinajstić information content (AvgIpc) is 2.90. The molecule has 0 saturated heterocycles. The minimum Gasteiger partial charge on any atom is -0.465 e. The maximum absolute atomic E-state index is 13.2. The predicted octanol–water partition coefficient (Wildman–Crippen LogP) is 3.54. The molecule has 2 aromatic carbocycles. The Morgan fingerprint density at radius 1 is 0.744 bits per heavy atom. The molecule has 0 aliphatic heterocycles. The van der Waals surface area contributed by atoms with Crippen molar-refractivity contribution < 1.29 is 24.2 Å². The lowest BCUT2D eigenvalue weighted by Gasteiger charge is -2.29. The van der Waals surface area contributed by atoms with E-state index in [0.717, 1.165) is 0 Å². The van der Waals surface area contributed by atoms with Gasteiger partial charge >= 0.3 is 6.09 Å². The van der Waals surface area contributed by atoms with Gasteiger partial charge in [-0.3, -0.25) is 15.6 Å². The molecule has 12 nitrogen and oxygen atoms in total. The van der Waals surface area contributed by atoms with E-state index < -0.39 is 6.09 Å². The first-order valence-electron chi connectivity index (χ1n) is 12.2. The molecule has 12 heteroatoms. The standard InChI is InChI=1S/C27H29N7O5/c28-24(29)15-1-9-20(10-2-15)38-22-13-17(26(35)32-18-5-7-19(8-6-18)33-27(36)37)14-23(34-22)39-21-11-3-16(4-12-21)25(30)31/h1-4,9-14,18-19,33H,5-8H2,(H3,28,29)(H3,30,31)(H,32,35)(H,36,37). The highest BCUT2D eigenvalue weighted by Crippen LogP contribution is 2.28. The molecular formula is C27H29N7O5. The van der Waals surface area contributed by atoms with E-state index in [1.807, 2.05) is 0 Å². The Bertz CT molecular complexity index is 1290. The van der Waals surface area contributed by atoms with E-state index >= 15 is 0 Å². The summed E-state index contributed by atoms with van der Waals surface area (Å²) in [5.41, 5.74) is 12.4. The van der Waals surface area contributed by atoms with Crippen LogP contribution in [0.5, 0.6) is 23.3 Å². The first-order chi connectivity index (χ1) is 18.7. The van der Waals surface area contributed by atoms with Gasteiger partial charge in [-0.1, -0.05) is 0 Å². The van der Waals surface area contributed by atoms with E-state index in [0.29, 0.717) is 48.3 Å². The Morgan fingerprint density at radius 2 is 1.15 bits per heavy atom. The second kappa shape index (κ2) is 11.9. The van der Waals surface area contributed by atoms with Crippen LogP contribution in [0.1, 0.15) is 47.2 Å². The molecule has 1 aromatic heterocycles. The fourth-order valence-electron chi connectivity index (χ4n) is 4.19. The van der Waals surface area contributed by atoms with Crippen molar-refractivity contribution in [3.63, 3.8) is 0 Å². The smallest absolute Gasteiger partial charge is 0.404 e. The van der Waals surface area contributed by atoms with Crippen molar-refractivity contribution in [3.05, 3.63) is 77.4 Å². The summed E-state index contributed by atoms with van der Waals surface area (Å²) in [5.74, 6) is 0.582. The molecular weight excluding hydrogens is 502 g/mol. The summed E-state index contributed by atoms with van der Waals surface area (Å²) < 4.78 is 11.8. The van der Waals surface area contributed by atoms with E-state index in [2.05, 4.69) is 15.6 Å². The van der Waals surface area contributed by atoms with E-state index in [4.69, 9.17) is 36.9 Å². The van der Waals surface area contributed by atoms with Crippen molar-refractivity contribution in [2.45, 2.75) is 37.8 Å². The zero-order chi connectivity index (χ0) is 27.9. The Labute approximate surface area is 224 Å². The number of benzene rings is 2. The molecule has 0 bridgehead atoms. The average molecular weight is 532 g/mol. The van der Waals surface area contributed by atoms with E-state index in [9.17, 15) is 9.59 Å².